The summed E-state index contributed by atoms with van der Waals surface area (Å²) in [5, 5.41) is 10.6. The molecule has 0 unspecified atom stereocenters. The van der Waals surface area contributed by atoms with Crippen molar-refractivity contribution < 1.29 is 9.53 Å². The van der Waals surface area contributed by atoms with Crippen LogP contribution in [0.25, 0.3) is 0 Å². The third-order valence-corrected chi connectivity index (χ3v) is 4.18. The molecule has 1 aromatic carbocycles. The molecule has 24 heavy (non-hydrogen) atoms. The van der Waals surface area contributed by atoms with Crippen molar-refractivity contribution in [3.8, 4) is 5.75 Å². The van der Waals surface area contributed by atoms with Crippen molar-refractivity contribution in [2.24, 2.45) is 0 Å². The summed E-state index contributed by atoms with van der Waals surface area (Å²) in [5.41, 5.74) is 3.58. The maximum atomic E-state index is 12.9. The smallest absolute Gasteiger partial charge is 0.275 e. The third kappa shape index (κ3) is 3.33. The molecule has 0 saturated heterocycles. The Labute approximate surface area is 141 Å². The predicted molar refractivity (Wildman–Crippen MR) is 91.9 cm³/mol. The molecule has 0 fully saturated rings. The summed E-state index contributed by atoms with van der Waals surface area (Å²) in [7, 11) is 1.64. The Kier molecular flexibility index (Phi) is 4.96. The zero-order chi connectivity index (χ0) is 16.9. The summed E-state index contributed by atoms with van der Waals surface area (Å²) in [6.07, 6.45) is 2.61. The predicted octanol–water partition coefficient (Wildman–Crippen LogP) is 1.89. The van der Waals surface area contributed by atoms with E-state index in [0.29, 0.717) is 25.3 Å². The minimum Gasteiger partial charge on any atom is -0.497 e. The van der Waals surface area contributed by atoms with E-state index in [-0.39, 0.29) is 5.91 Å². The van der Waals surface area contributed by atoms with Crippen LogP contribution in [0.2, 0.25) is 0 Å². The fourth-order valence-electron chi connectivity index (χ4n) is 2.88. The van der Waals surface area contributed by atoms with Gasteiger partial charge in [-0.25, -0.2) is 0 Å². The number of amides is 1. The first kappa shape index (κ1) is 16.3. The van der Waals surface area contributed by atoms with Crippen LogP contribution in [0.1, 0.15) is 27.3 Å². The van der Waals surface area contributed by atoms with Crippen LogP contribution in [0.5, 0.6) is 5.75 Å². The van der Waals surface area contributed by atoms with Gasteiger partial charge >= 0.3 is 0 Å². The minimum absolute atomic E-state index is 0.0769. The molecule has 2 N–H and O–H groups in total. The third-order valence-electron chi connectivity index (χ3n) is 4.18. The number of carbonyl (C=O) groups excluding carboxylic acids is 1. The molecular formula is C18H22N4O2. The summed E-state index contributed by atoms with van der Waals surface area (Å²) < 4.78 is 5.17. The number of H-pyrrole nitrogens is 1. The van der Waals surface area contributed by atoms with Crippen LogP contribution in [-0.4, -0.2) is 41.2 Å². The first-order valence-corrected chi connectivity index (χ1v) is 8.03. The molecule has 0 aliphatic carbocycles. The van der Waals surface area contributed by atoms with Crippen molar-refractivity contribution in [2.75, 3.05) is 20.2 Å². The van der Waals surface area contributed by atoms with E-state index in [0.717, 1.165) is 35.5 Å². The Morgan fingerprint density at radius 3 is 2.92 bits per heavy atom. The van der Waals surface area contributed by atoms with E-state index < -0.39 is 0 Å². The van der Waals surface area contributed by atoms with Crippen LogP contribution >= 0.6 is 0 Å². The van der Waals surface area contributed by atoms with Crippen molar-refractivity contribution in [2.45, 2.75) is 19.5 Å². The lowest BCUT2D eigenvalue weighted by Gasteiger charge is -2.22. The summed E-state index contributed by atoms with van der Waals surface area (Å²) in [6, 6.07) is 7.71. The summed E-state index contributed by atoms with van der Waals surface area (Å²) in [6.45, 7) is 6.33. The molecule has 2 heterocycles. The molecular weight excluding hydrogens is 304 g/mol. The van der Waals surface area contributed by atoms with Crippen molar-refractivity contribution in [3.05, 3.63) is 59.4 Å². The van der Waals surface area contributed by atoms with Gasteiger partial charge in [0.25, 0.3) is 5.91 Å². The van der Waals surface area contributed by atoms with E-state index in [1.165, 1.54) is 0 Å². The van der Waals surface area contributed by atoms with Crippen LogP contribution in [0.3, 0.4) is 0 Å². The lowest BCUT2D eigenvalue weighted by molar-refractivity contribution is 0.0755. The van der Waals surface area contributed by atoms with Gasteiger partial charge in [-0.3, -0.25) is 9.89 Å². The van der Waals surface area contributed by atoms with Gasteiger partial charge in [0, 0.05) is 43.9 Å². The lowest BCUT2D eigenvalue weighted by atomic mass is 10.1. The maximum Gasteiger partial charge on any atom is 0.275 e. The Morgan fingerprint density at radius 2 is 2.21 bits per heavy atom. The van der Waals surface area contributed by atoms with Gasteiger partial charge in [0.2, 0.25) is 0 Å². The van der Waals surface area contributed by atoms with Gasteiger partial charge in [-0.2, -0.15) is 5.10 Å². The van der Waals surface area contributed by atoms with Crippen LogP contribution < -0.4 is 10.1 Å². The molecule has 0 radical (unpaired) electrons. The van der Waals surface area contributed by atoms with Gasteiger partial charge in [0.05, 0.1) is 7.11 Å². The zero-order valence-electron chi connectivity index (χ0n) is 13.8. The normalized spacial score (nSPS) is 13.2. The van der Waals surface area contributed by atoms with Crippen LogP contribution in [-0.2, 0) is 19.5 Å². The number of nitrogens with zero attached hydrogens (tertiary/aromatic N) is 2. The van der Waals surface area contributed by atoms with Crippen molar-refractivity contribution in [3.63, 3.8) is 0 Å². The topological polar surface area (TPSA) is 70.2 Å². The molecule has 1 aliphatic rings. The molecule has 1 aromatic heterocycles. The second kappa shape index (κ2) is 7.31. The van der Waals surface area contributed by atoms with E-state index in [1.807, 2.05) is 24.3 Å². The SMILES string of the molecule is C=CCN(Cc1ccc(OC)cc1)C(=O)c1n[nH]c2c1CNCC2. The average molecular weight is 326 g/mol. The number of aromatic amines is 1. The first-order valence-electron chi connectivity index (χ1n) is 8.03. The molecule has 0 spiro atoms. The fourth-order valence-corrected chi connectivity index (χ4v) is 2.88. The number of methoxy groups -OCH3 is 1. The molecule has 0 saturated carbocycles. The highest BCUT2D eigenvalue weighted by atomic mass is 16.5. The first-order chi connectivity index (χ1) is 11.7. The monoisotopic (exact) mass is 326 g/mol. The molecule has 6 heteroatoms. The van der Waals surface area contributed by atoms with Gasteiger partial charge < -0.3 is 15.0 Å². The number of ether oxygens (including phenoxy) is 1. The minimum atomic E-state index is -0.0769. The summed E-state index contributed by atoms with van der Waals surface area (Å²) >= 11 is 0. The van der Waals surface area contributed by atoms with Crippen LogP contribution in [0, 0.1) is 0 Å². The van der Waals surface area contributed by atoms with Crippen LogP contribution in [0.4, 0.5) is 0 Å². The number of fused-ring (bicyclic) bond motifs is 1. The van der Waals surface area contributed by atoms with E-state index in [1.54, 1.807) is 18.1 Å². The Morgan fingerprint density at radius 1 is 1.42 bits per heavy atom. The Bertz CT molecular complexity index is 721. The molecule has 0 atom stereocenters. The van der Waals surface area contributed by atoms with Gasteiger partial charge in [-0.1, -0.05) is 18.2 Å². The maximum absolute atomic E-state index is 12.9. The zero-order valence-corrected chi connectivity index (χ0v) is 13.8. The fraction of sp³-hybridized carbons (Fsp3) is 0.333. The number of rotatable bonds is 6. The number of carbonyl (C=O) groups is 1. The highest BCUT2D eigenvalue weighted by molar-refractivity contribution is 5.94. The average Bonchev–Trinajstić information content (AvgIpc) is 3.05. The second-order valence-corrected chi connectivity index (χ2v) is 5.78. The highest BCUT2D eigenvalue weighted by Gasteiger charge is 2.25. The molecule has 2 aromatic rings. The molecule has 3 rings (SSSR count). The standard InChI is InChI=1S/C18H22N4O2/c1-3-10-22(12-13-4-6-14(24-2)7-5-13)18(23)17-15-11-19-9-8-16(15)20-21-17/h3-7,19H,1,8-12H2,2H3,(H,20,21). The molecule has 126 valence electrons. The van der Waals surface area contributed by atoms with E-state index >= 15 is 0 Å². The van der Waals surface area contributed by atoms with Gasteiger partial charge in [-0.15, -0.1) is 6.58 Å². The number of aromatic nitrogens is 2. The Hall–Kier alpha value is -2.60. The summed E-state index contributed by atoms with van der Waals surface area (Å²) in [5.74, 6) is 0.722. The summed E-state index contributed by atoms with van der Waals surface area (Å²) in [4.78, 5) is 14.7. The molecule has 1 aliphatic heterocycles. The number of hydrogen-bond acceptors (Lipinski definition) is 4. The highest BCUT2D eigenvalue weighted by Crippen LogP contribution is 2.19. The second-order valence-electron chi connectivity index (χ2n) is 5.78. The quantitative estimate of drug-likeness (QED) is 0.796. The number of hydrogen-bond donors (Lipinski definition) is 2. The van der Waals surface area contributed by atoms with E-state index in [2.05, 4.69) is 22.1 Å². The number of benzene rings is 1. The number of nitrogens with one attached hydrogen (secondary N) is 2. The lowest BCUT2D eigenvalue weighted by Crippen LogP contribution is -2.33. The largest absolute Gasteiger partial charge is 0.497 e. The van der Waals surface area contributed by atoms with Crippen molar-refractivity contribution in [1.29, 1.82) is 0 Å². The van der Waals surface area contributed by atoms with Crippen molar-refractivity contribution in [1.82, 2.24) is 20.4 Å². The molecule has 6 nitrogen and oxygen atoms in total. The molecule has 0 bridgehead atoms. The van der Waals surface area contributed by atoms with Gasteiger partial charge in [0.1, 0.15) is 5.75 Å². The molecule has 1 amide bonds. The van der Waals surface area contributed by atoms with Crippen LogP contribution in [0.15, 0.2) is 36.9 Å². The van der Waals surface area contributed by atoms with Crippen molar-refractivity contribution >= 4 is 5.91 Å². The van der Waals surface area contributed by atoms with Gasteiger partial charge in [-0.05, 0) is 17.7 Å². The van der Waals surface area contributed by atoms with E-state index in [9.17, 15) is 4.79 Å². The Balaban J connectivity index is 1.80. The van der Waals surface area contributed by atoms with Gasteiger partial charge in [0.15, 0.2) is 5.69 Å². The van der Waals surface area contributed by atoms with E-state index in [4.69, 9.17) is 4.74 Å².